The van der Waals surface area contributed by atoms with Crippen molar-refractivity contribution in [1.82, 2.24) is 0 Å². The van der Waals surface area contributed by atoms with Gasteiger partial charge in [-0.15, -0.1) is 0 Å². The number of halogens is 1. The first kappa shape index (κ1) is 12.8. The fourth-order valence-electron chi connectivity index (χ4n) is 1.61. The number of carbonyl (C=O) groups is 1. The Morgan fingerprint density at radius 3 is 2.44 bits per heavy atom. The van der Waals surface area contributed by atoms with Crippen LogP contribution in [-0.2, 0) is 0 Å². The Kier molecular flexibility index (Phi) is 4.15. The molecule has 3 heteroatoms. The molecule has 0 heterocycles. The number of rotatable bonds is 4. The number of Topliss-reactive ketones (excluding diaryl/α,β-unsaturated/α-hetero) is 1. The van der Waals surface area contributed by atoms with Crippen LogP contribution in [0.5, 0.6) is 11.5 Å². The lowest BCUT2D eigenvalue weighted by atomic mass is 10.1. The molecule has 2 aromatic carbocycles. The van der Waals surface area contributed by atoms with E-state index in [1.54, 1.807) is 6.07 Å². The van der Waals surface area contributed by atoms with Crippen LogP contribution in [0.1, 0.15) is 23.7 Å². The van der Waals surface area contributed by atoms with Crippen molar-refractivity contribution in [1.29, 1.82) is 0 Å². The standard InChI is InChI=1S/C15H13BrO2/c1-2-14(17)13-5-3-4-6-15(13)18-12-9-7-11(16)8-10-12/h3-10H,2H2,1H3. The van der Waals surface area contributed by atoms with Gasteiger partial charge in [0.25, 0.3) is 0 Å². The molecule has 2 nitrogen and oxygen atoms in total. The molecule has 0 fully saturated rings. The predicted molar refractivity (Wildman–Crippen MR) is 75.3 cm³/mol. The van der Waals surface area contributed by atoms with E-state index in [-0.39, 0.29) is 5.78 Å². The van der Waals surface area contributed by atoms with E-state index in [1.807, 2.05) is 49.4 Å². The minimum absolute atomic E-state index is 0.0858. The molecule has 0 bridgehead atoms. The minimum Gasteiger partial charge on any atom is -0.457 e. The van der Waals surface area contributed by atoms with Gasteiger partial charge in [0, 0.05) is 10.9 Å². The van der Waals surface area contributed by atoms with Gasteiger partial charge in [0.1, 0.15) is 11.5 Å². The Balaban J connectivity index is 2.28. The lowest BCUT2D eigenvalue weighted by Crippen LogP contribution is -1.99. The second-order valence-corrected chi connectivity index (χ2v) is 4.74. The monoisotopic (exact) mass is 304 g/mol. The van der Waals surface area contributed by atoms with Gasteiger partial charge in [-0.2, -0.15) is 0 Å². The van der Waals surface area contributed by atoms with Crippen LogP contribution in [0, 0.1) is 0 Å². The Bertz CT molecular complexity index is 547. The van der Waals surface area contributed by atoms with Crippen molar-refractivity contribution in [2.75, 3.05) is 0 Å². The lowest BCUT2D eigenvalue weighted by Gasteiger charge is -2.09. The molecule has 0 radical (unpaired) electrons. The van der Waals surface area contributed by atoms with Crippen molar-refractivity contribution < 1.29 is 9.53 Å². The van der Waals surface area contributed by atoms with Gasteiger partial charge in [-0.05, 0) is 36.4 Å². The van der Waals surface area contributed by atoms with E-state index in [9.17, 15) is 4.79 Å². The summed E-state index contributed by atoms with van der Waals surface area (Å²) in [6, 6.07) is 14.8. The maximum Gasteiger partial charge on any atom is 0.166 e. The number of hydrogen-bond donors (Lipinski definition) is 0. The SMILES string of the molecule is CCC(=O)c1ccccc1Oc1ccc(Br)cc1. The first-order valence-electron chi connectivity index (χ1n) is 5.76. The van der Waals surface area contributed by atoms with Crippen LogP contribution < -0.4 is 4.74 Å². The van der Waals surface area contributed by atoms with Gasteiger partial charge >= 0.3 is 0 Å². The fourth-order valence-corrected chi connectivity index (χ4v) is 1.87. The highest BCUT2D eigenvalue weighted by atomic mass is 79.9. The molecule has 92 valence electrons. The number of carbonyl (C=O) groups excluding carboxylic acids is 1. The maximum atomic E-state index is 11.8. The zero-order valence-electron chi connectivity index (χ0n) is 10.0. The normalized spacial score (nSPS) is 10.1. The van der Waals surface area contributed by atoms with Gasteiger partial charge in [0.05, 0.1) is 5.56 Å². The Hall–Kier alpha value is -1.61. The van der Waals surface area contributed by atoms with Gasteiger partial charge in [-0.1, -0.05) is 35.0 Å². The van der Waals surface area contributed by atoms with Crippen LogP contribution in [0.2, 0.25) is 0 Å². The second kappa shape index (κ2) is 5.83. The topological polar surface area (TPSA) is 26.3 Å². The second-order valence-electron chi connectivity index (χ2n) is 3.83. The third-order valence-corrected chi connectivity index (χ3v) is 3.08. The highest BCUT2D eigenvalue weighted by Gasteiger charge is 2.10. The van der Waals surface area contributed by atoms with E-state index in [4.69, 9.17) is 4.74 Å². The number of para-hydroxylation sites is 1. The summed E-state index contributed by atoms with van der Waals surface area (Å²) >= 11 is 3.37. The minimum atomic E-state index is 0.0858. The van der Waals surface area contributed by atoms with Crippen molar-refractivity contribution in [3.05, 3.63) is 58.6 Å². The maximum absolute atomic E-state index is 11.8. The number of ether oxygens (including phenoxy) is 1. The van der Waals surface area contributed by atoms with E-state index in [2.05, 4.69) is 15.9 Å². The molecule has 0 saturated carbocycles. The van der Waals surface area contributed by atoms with Gasteiger partial charge in [-0.3, -0.25) is 4.79 Å². The smallest absolute Gasteiger partial charge is 0.166 e. The van der Waals surface area contributed by atoms with E-state index < -0.39 is 0 Å². The van der Waals surface area contributed by atoms with Crippen molar-refractivity contribution in [2.45, 2.75) is 13.3 Å². The lowest BCUT2D eigenvalue weighted by molar-refractivity contribution is 0.0986. The molecular formula is C15H13BrO2. The quantitative estimate of drug-likeness (QED) is 0.756. The molecule has 0 aliphatic carbocycles. The van der Waals surface area contributed by atoms with Gasteiger partial charge in [0.15, 0.2) is 5.78 Å². The molecule has 2 aromatic rings. The molecule has 0 N–H and O–H groups in total. The van der Waals surface area contributed by atoms with Gasteiger partial charge < -0.3 is 4.74 Å². The average Bonchev–Trinajstić information content (AvgIpc) is 2.41. The molecule has 0 unspecified atom stereocenters. The predicted octanol–water partition coefficient (Wildman–Crippen LogP) is 4.83. The molecule has 0 saturated heterocycles. The van der Waals surface area contributed by atoms with Crippen LogP contribution in [-0.4, -0.2) is 5.78 Å². The van der Waals surface area contributed by atoms with E-state index in [1.165, 1.54) is 0 Å². The highest BCUT2D eigenvalue weighted by molar-refractivity contribution is 9.10. The van der Waals surface area contributed by atoms with Gasteiger partial charge in [0.2, 0.25) is 0 Å². The van der Waals surface area contributed by atoms with Crippen LogP contribution >= 0.6 is 15.9 Å². The third kappa shape index (κ3) is 2.99. The van der Waals surface area contributed by atoms with Crippen molar-refractivity contribution in [3.63, 3.8) is 0 Å². The van der Waals surface area contributed by atoms with E-state index >= 15 is 0 Å². The van der Waals surface area contributed by atoms with Crippen LogP contribution in [0.15, 0.2) is 53.0 Å². The van der Waals surface area contributed by atoms with Gasteiger partial charge in [-0.25, -0.2) is 0 Å². The highest BCUT2D eigenvalue weighted by Crippen LogP contribution is 2.27. The number of benzene rings is 2. The Morgan fingerprint density at radius 1 is 1.11 bits per heavy atom. The summed E-state index contributed by atoms with van der Waals surface area (Å²) in [4.78, 5) is 11.8. The van der Waals surface area contributed by atoms with E-state index in [0.717, 1.165) is 10.2 Å². The van der Waals surface area contributed by atoms with Crippen LogP contribution in [0.3, 0.4) is 0 Å². The summed E-state index contributed by atoms with van der Waals surface area (Å²) in [7, 11) is 0. The number of ketones is 1. The summed E-state index contributed by atoms with van der Waals surface area (Å²) in [6.45, 7) is 1.85. The Labute approximate surface area is 115 Å². The first-order valence-corrected chi connectivity index (χ1v) is 6.55. The molecule has 0 spiro atoms. The fraction of sp³-hybridized carbons (Fsp3) is 0.133. The molecular weight excluding hydrogens is 292 g/mol. The zero-order valence-corrected chi connectivity index (χ0v) is 11.6. The van der Waals surface area contributed by atoms with Crippen molar-refractivity contribution in [2.24, 2.45) is 0 Å². The summed E-state index contributed by atoms with van der Waals surface area (Å²) in [5, 5.41) is 0. The van der Waals surface area contributed by atoms with Crippen molar-refractivity contribution in [3.8, 4) is 11.5 Å². The van der Waals surface area contributed by atoms with E-state index in [0.29, 0.717) is 17.7 Å². The third-order valence-electron chi connectivity index (χ3n) is 2.55. The van der Waals surface area contributed by atoms with Crippen LogP contribution in [0.4, 0.5) is 0 Å². The number of hydrogen-bond acceptors (Lipinski definition) is 2. The summed E-state index contributed by atoms with van der Waals surface area (Å²) in [5.74, 6) is 1.41. The summed E-state index contributed by atoms with van der Waals surface area (Å²) < 4.78 is 6.74. The zero-order chi connectivity index (χ0) is 13.0. The molecule has 18 heavy (non-hydrogen) atoms. The Morgan fingerprint density at radius 2 is 1.78 bits per heavy atom. The molecule has 0 aromatic heterocycles. The average molecular weight is 305 g/mol. The molecule has 0 amide bonds. The molecule has 0 atom stereocenters. The van der Waals surface area contributed by atoms with Crippen LogP contribution in [0.25, 0.3) is 0 Å². The first-order chi connectivity index (χ1) is 8.70. The van der Waals surface area contributed by atoms with Crippen molar-refractivity contribution >= 4 is 21.7 Å². The molecule has 0 aliphatic heterocycles. The summed E-state index contributed by atoms with van der Waals surface area (Å²) in [5.41, 5.74) is 0.628. The molecule has 0 aliphatic rings. The summed E-state index contributed by atoms with van der Waals surface area (Å²) in [6.07, 6.45) is 0.473. The molecule has 2 rings (SSSR count). The largest absolute Gasteiger partial charge is 0.457 e.